The summed E-state index contributed by atoms with van der Waals surface area (Å²) in [7, 11) is 0. The average Bonchev–Trinajstić information content (AvgIpc) is 3.47. The summed E-state index contributed by atoms with van der Waals surface area (Å²) in [5.41, 5.74) is 14.8. The van der Waals surface area contributed by atoms with Crippen LogP contribution in [0.4, 0.5) is 0 Å². The molecule has 0 nitrogen and oxygen atoms in total. The maximum atomic E-state index is 2.41. The monoisotopic (exact) mass is 934 g/mol. The standard InChI is InChI=1S/C74H46/c1-5-27-51-47(19-1)23-13-35-55(51)59-39-17-41-65-69(45-43-67(71(59)65)57-37-15-25-49-21-3-7-29-53(49)57)73-61-31-9-11-33-63(61)74(64-34-12-10-32-62(64)73)70-46-44-68(58-38-16-26-50-22-4-8-30-54(50)58)72-60(40-18-42-66(70)72)56-36-14-24-48-20-2-6-28-52(48)56/h1-46H. The second-order valence-corrected chi connectivity index (χ2v) is 19.7. The lowest BCUT2D eigenvalue weighted by molar-refractivity contribution is 1.64. The maximum absolute atomic E-state index is 2.41. The predicted molar refractivity (Wildman–Crippen MR) is 319 cm³/mol. The summed E-state index contributed by atoms with van der Waals surface area (Å²) in [6, 6.07) is 104. The quantitative estimate of drug-likeness (QED) is 0.146. The third kappa shape index (κ3) is 6.48. The molecular weight excluding hydrogens is 889 g/mol. The van der Waals surface area contributed by atoms with Crippen LogP contribution in [0.5, 0.6) is 0 Å². The van der Waals surface area contributed by atoms with Crippen LogP contribution in [-0.2, 0) is 0 Å². The molecule has 0 unspecified atom stereocenters. The third-order valence-corrected chi connectivity index (χ3v) is 15.9. The van der Waals surface area contributed by atoms with Crippen LogP contribution in [0.2, 0.25) is 0 Å². The fourth-order valence-electron chi connectivity index (χ4n) is 12.7. The summed E-state index contributed by atoms with van der Waals surface area (Å²) in [5, 5.41) is 19.8. The highest BCUT2D eigenvalue weighted by molar-refractivity contribution is 6.28. The molecule has 0 aliphatic heterocycles. The highest BCUT2D eigenvalue weighted by atomic mass is 14.3. The van der Waals surface area contributed by atoms with Crippen molar-refractivity contribution in [3.05, 3.63) is 279 Å². The van der Waals surface area contributed by atoms with E-state index in [0.717, 1.165) is 0 Å². The van der Waals surface area contributed by atoms with E-state index in [9.17, 15) is 0 Å². The molecule has 0 spiro atoms. The van der Waals surface area contributed by atoms with Gasteiger partial charge in [-0.05, 0) is 153 Å². The Labute approximate surface area is 429 Å². The molecule has 0 N–H and O–H groups in total. The lowest BCUT2D eigenvalue weighted by Gasteiger charge is -2.23. The molecule has 0 saturated heterocycles. The van der Waals surface area contributed by atoms with Crippen molar-refractivity contribution in [1.82, 2.24) is 0 Å². The largest absolute Gasteiger partial charge is 0.0616 e. The second-order valence-electron chi connectivity index (χ2n) is 19.7. The molecule has 0 atom stereocenters. The summed E-state index contributed by atoms with van der Waals surface area (Å²) < 4.78 is 0. The summed E-state index contributed by atoms with van der Waals surface area (Å²) in [5.74, 6) is 0. The molecule has 0 bridgehead atoms. The molecule has 0 aliphatic rings. The molecule has 0 aliphatic carbocycles. The van der Waals surface area contributed by atoms with Crippen molar-refractivity contribution in [1.29, 1.82) is 0 Å². The van der Waals surface area contributed by atoms with Gasteiger partial charge in [-0.2, -0.15) is 0 Å². The van der Waals surface area contributed by atoms with E-state index in [0.29, 0.717) is 0 Å². The van der Waals surface area contributed by atoms with Gasteiger partial charge in [0, 0.05) is 0 Å². The van der Waals surface area contributed by atoms with E-state index in [-0.39, 0.29) is 0 Å². The first-order valence-corrected chi connectivity index (χ1v) is 25.7. The van der Waals surface area contributed by atoms with Crippen molar-refractivity contribution < 1.29 is 0 Å². The van der Waals surface area contributed by atoms with E-state index in [1.165, 1.54) is 153 Å². The van der Waals surface area contributed by atoms with Gasteiger partial charge in [-0.15, -0.1) is 0 Å². The van der Waals surface area contributed by atoms with Gasteiger partial charge in [0.05, 0.1) is 0 Å². The molecule has 0 fully saturated rings. The first-order chi connectivity index (χ1) is 36.8. The molecule has 74 heavy (non-hydrogen) atoms. The zero-order chi connectivity index (χ0) is 48.7. The van der Waals surface area contributed by atoms with E-state index in [2.05, 4.69) is 279 Å². The SMILES string of the molecule is c1ccc2c(-c3cccc4c(-c5c6ccccc6c(-c6ccc(-c7cccc8ccccc78)c7c(-c8cccc9ccccc89)cccc67)c6ccccc56)ccc(-c5cccc6ccccc56)c34)cccc2c1. The number of benzene rings is 15. The van der Waals surface area contributed by atoms with Crippen molar-refractivity contribution >= 4 is 86.2 Å². The predicted octanol–water partition coefficient (Wildman–Crippen LogP) is 20.9. The Bertz CT molecular complexity index is 4230. The van der Waals surface area contributed by atoms with Crippen LogP contribution < -0.4 is 0 Å². The van der Waals surface area contributed by atoms with Gasteiger partial charge < -0.3 is 0 Å². The molecule has 0 saturated carbocycles. The van der Waals surface area contributed by atoms with Crippen molar-refractivity contribution in [3.8, 4) is 66.8 Å². The van der Waals surface area contributed by atoms with Gasteiger partial charge in [-0.3, -0.25) is 0 Å². The van der Waals surface area contributed by atoms with Gasteiger partial charge in [-0.1, -0.05) is 279 Å². The van der Waals surface area contributed by atoms with Gasteiger partial charge in [0.15, 0.2) is 0 Å². The minimum atomic E-state index is 1.22. The Morgan fingerprint density at radius 1 is 0.122 bits per heavy atom. The molecule has 15 aromatic carbocycles. The van der Waals surface area contributed by atoms with E-state index in [1.807, 2.05) is 0 Å². The second kappa shape index (κ2) is 17.0. The number of hydrogen-bond acceptors (Lipinski definition) is 0. The van der Waals surface area contributed by atoms with E-state index >= 15 is 0 Å². The molecule has 0 aromatic heterocycles. The maximum Gasteiger partial charge on any atom is -0.00201 e. The topological polar surface area (TPSA) is 0 Å². The normalized spacial score (nSPS) is 11.8. The summed E-state index contributed by atoms with van der Waals surface area (Å²) in [4.78, 5) is 0. The van der Waals surface area contributed by atoms with Crippen molar-refractivity contribution in [2.45, 2.75) is 0 Å². The molecule has 0 radical (unpaired) electrons. The Kier molecular flexibility index (Phi) is 9.68. The van der Waals surface area contributed by atoms with E-state index in [4.69, 9.17) is 0 Å². The Morgan fingerprint density at radius 2 is 0.324 bits per heavy atom. The molecule has 15 aromatic rings. The lowest BCUT2D eigenvalue weighted by Crippen LogP contribution is -1.95. The zero-order valence-corrected chi connectivity index (χ0v) is 40.6. The number of rotatable bonds is 6. The lowest BCUT2D eigenvalue weighted by atomic mass is 9.80. The van der Waals surface area contributed by atoms with E-state index < -0.39 is 0 Å². The fourth-order valence-corrected chi connectivity index (χ4v) is 12.7. The first-order valence-electron chi connectivity index (χ1n) is 25.7. The zero-order valence-electron chi connectivity index (χ0n) is 40.6. The van der Waals surface area contributed by atoms with Crippen LogP contribution in [0, 0.1) is 0 Å². The summed E-state index contributed by atoms with van der Waals surface area (Å²) in [6.07, 6.45) is 0. The summed E-state index contributed by atoms with van der Waals surface area (Å²) in [6.45, 7) is 0. The Hall–Kier alpha value is -9.62. The third-order valence-electron chi connectivity index (χ3n) is 15.9. The molecular formula is C74H46. The van der Waals surface area contributed by atoms with Crippen LogP contribution in [0.1, 0.15) is 0 Å². The van der Waals surface area contributed by atoms with Gasteiger partial charge >= 0.3 is 0 Å². The average molecular weight is 935 g/mol. The first kappa shape index (κ1) is 42.1. The van der Waals surface area contributed by atoms with Gasteiger partial charge in [0.25, 0.3) is 0 Å². The van der Waals surface area contributed by atoms with Crippen LogP contribution in [0.3, 0.4) is 0 Å². The van der Waals surface area contributed by atoms with Crippen molar-refractivity contribution in [2.75, 3.05) is 0 Å². The molecule has 0 amide bonds. The van der Waals surface area contributed by atoms with Crippen molar-refractivity contribution in [3.63, 3.8) is 0 Å². The molecule has 0 heteroatoms. The number of fused-ring (bicyclic) bond motifs is 8. The Balaban J connectivity index is 1.05. The van der Waals surface area contributed by atoms with Crippen LogP contribution in [0.25, 0.3) is 153 Å². The van der Waals surface area contributed by atoms with Gasteiger partial charge in [-0.25, -0.2) is 0 Å². The minimum absolute atomic E-state index is 1.22. The van der Waals surface area contributed by atoms with E-state index in [1.54, 1.807) is 0 Å². The molecule has 0 heterocycles. The van der Waals surface area contributed by atoms with Gasteiger partial charge in [0.1, 0.15) is 0 Å². The molecule has 15 rings (SSSR count). The van der Waals surface area contributed by atoms with Crippen LogP contribution in [0.15, 0.2) is 279 Å². The number of hydrogen-bond donors (Lipinski definition) is 0. The fraction of sp³-hybridized carbons (Fsp3) is 0. The van der Waals surface area contributed by atoms with Crippen molar-refractivity contribution in [2.24, 2.45) is 0 Å². The molecule has 342 valence electrons. The Morgan fingerprint density at radius 3 is 0.635 bits per heavy atom. The highest BCUT2D eigenvalue weighted by Gasteiger charge is 2.24. The van der Waals surface area contributed by atoms with Gasteiger partial charge in [0.2, 0.25) is 0 Å². The highest BCUT2D eigenvalue weighted by Crippen LogP contribution is 2.52. The smallest absolute Gasteiger partial charge is 0.00201 e. The van der Waals surface area contributed by atoms with Crippen LogP contribution in [-0.4, -0.2) is 0 Å². The minimum Gasteiger partial charge on any atom is -0.0616 e. The summed E-state index contributed by atoms with van der Waals surface area (Å²) >= 11 is 0. The van der Waals surface area contributed by atoms with Crippen LogP contribution >= 0.6 is 0 Å².